The molecule has 5 nitrogen and oxygen atoms in total. The highest BCUT2D eigenvalue weighted by Crippen LogP contribution is 2.29. The molecule has 0 aromatic heterocycles. The number of hydrogen-bond acceptors (Lipinski definition) is 5. The van der Waals surface area contributed by atoms with Crippen molar-refractivity contribution >= 4 is 5.97 Å². The Hall–Kier alpha value is -3.31. The maximum atomic E-state index is 11.9. The van der Waals surface area contributed by atoms with Crippen molar-refractivity contribution in [3.8, 4) is 23.6 Å². The van der Waals surface area contributed by atoms with Crippen LogP contribution in [0.15, 0.2) is 48.6 Å². The number of ether oxygens (including phenoxy) is 2. The van der Waals surface area contributed by atoms with E-state index in [2.05, 4.69) is 13.2 Å². The number of rotatable bonds is 5. The summed E-state index contributed by atoms with van der Waals surface area (Å²) in [6.45, 7) is 9.02. The molecule has 0 fully saturated rings. The summed E-state index contributed by atoms with van der Waals surface area (Å²) in [5.74, 6) is -0.502. The molecule has 1 aromatic carbocycles. The van der Waals surface area contributed by atoms with Crippen molar-refractivity contribution < 1.29 is 14.3 Å². The third kappa shape index (κ3) is 3.84. The molecule has 0 N–H and O–H groups in total. The zero-order chi connectivity index (χ0) is 16.7. The normalized spacial score (nSPS) is 9.64. The van der Waals surface area contributed by atoms with Crippen molar-refractivity contribution in [1.82, 2.24) is 0 Å². The number of nitriles is 2. The lowest BCUT2D eigenvalue weighted by Gasteiger charge is -2.09. The van der Waals surface area contributed by atoms with Crippen molar-refractivity contribution in [1.29, 1.82) is 10.5 Å². The molecule has 0 saturated heterocycles. The number of allylic oxidation sites excluding steroid dienone is 2. The number of methoxy groups -OCH3 is 1. The summed E-state index contributed by atoms with van der Waals surface area (Å²) in [6.07, 6.45) is 3.08. The molecule has 0 aliphatic carbocycles. The number of carbonyl (C=O) groups is 1. The minimum absolute atomic E-state index is 0.0124. The Morgan fingerprint density at radius 3 is 2.18 bits per heavy atom. The Kier molecular flexibility index (Phi) is 5.68. The summed E-state index contributed by atoms with van der Waals surface area (Å²) >= 11 is 0. The van der Waals surface area contributed by atoms with Crippen molar-refractivity contribution in [3.63, 3.8) is 0 Å². The van der Waals surface area contributed by atoms with Gasteiger partial charge in [-0.1, -0.05) is 24.8 Å². The molecule has 0 aliphatic heterocycles. The van der Waals surface area contributed by atoms with Crippen LogP contribution < -0.4 is 9.47 Å². The van der Waals surface area contributed by atoms with Crippen LogP contribution in [0.3, 0.4) is 0 Å². The maximum Gasteiger partial charge on any atom is 0.342 e. The maximum absolute atomic E-state index is 11.9. The Bertz CT molecular complexity index is 746. The Morgan fingerprint density at radius 2 is 1.68 bits per heavy atom. The van der Waals surface area contributed by atoms with Crippen LogP contribution in [0.2, 0.25) is 0 Å². The molecule has 0 bridgehead atoms. The van der Waals surface area contributed by atoms with E-state index in [-0.39, 0.29) is 28.2 Å². The van der Waals surface area contributed by atoms with Crippen LogP contribution in [0, 0.1) is 22.7 Å². The van der Waals surface area contributed by atoms with E-state index in [9.17, 15) is 10.1 Å². The highest BCUT2D eigenvalue weighted by molar-refractivity contribution is 5.92. The van der Waals surface area contributed by atoms with E-state index in [1.807, 2.05) is 12.1 Å². The summed E-state index contributed by atoms with van der Waals surface area (Å²) in [7, 11) is 1.38. The third-order valence-corrected chi connectivity index (χ3v) is 2.61. The molecule has 22 heavy (non-hydrogen) atoms. The van der Waals surface area contributed by atoms with E-state index < -0.39 is 5.97 Å². The van der Waals surface area contributed by atoms with E-state index in [1.165, 1.54) is 25.3 Å². The number of nitrogens with zero attached hydrogens (tertiary/aromatic N) is 2. The van der Waals surface area contributed by atoms with Gasteiger partial charge in [-0.2, -0.15) is 10.5 Å². The second kappa shape index (κ2) is 7.47. The summed E-state index contributed by atoms with van der Waals surface area (Å²) in [5.41, 5.74) is 0.800. The Morgan fingerprint density at radius 1 is 1.14 bits per heavy atom. The van der Waals surface area contributed by atoms with Gasteiger partial charge in [0.15, 0.2) is 5.75 Å². The van der Waals surface area contributed by atoms with Gasteiger partial charge in [0.2, 0.25) is 0 Å². The van der Waals surface area contributed by atoms with Gasteiger partial charge in [-0.25, -0.2) is 4.79 Å². The lowest BCUT2D eigenvalue weighted by molar-refractivity contribution is -0.129. The molecule has 0 unspecified atom stereocenters. The fourth-order valence-electron chi connectivity index (χ4n) is 1.52. The average molecular weight is 294 g/mol. The molecule has 0 heterocycles. The molecule has 0 radical (unpaired) electrons. The van der Waals surface area contributed by atoms with Crippen molar-refractivity contribution in [2.75, 3.05) is 7.11 Å². The second-order valence-electron chi connectivity index (χ2n) is 4.33. The van der Waals surface area contributed by atoms with Crippen molar-refractivity contribution in [2.24, 2.45) is 0 Å². The van der Waals surface area contributed by atoms with Crippen LogP contribution in [0.1, 0.15) is 18.1 Å². The van der Waals surface area contributed by atoms with Crippen molar-refractivity contribution in [2.45, 2.75) is 6.92 Å². The van der Waals surface area contributed by atoms with Gasteiger partial charge in [0.1, 0.15) is 29.0 Å². The van der Waals surface area contributed by atoms with Crippen LogP contribution in [0.4, 0.5) is 0 Å². The van der Waals surface area contributed by atoms with Crippen LogP contribution in [0.25, 0.3) is 0 Å². The predicted octanol–water partition coefficient (Wildman–Crippen LogP) is 3.03. The minimum Gasteiger partial charge on any atom is -0.495 e. The lowest BCUT2D eigenvalue weighted by atomic mass is 10.1. The van der Waals surface area contributed by atoms with E-state index in [4.69, 9.17) is 14.7 Å². The number of hydrogen-bond donors (Lipinski definition) is 0. The molecular formula is C17H14N2O3. The first kappa shape index (κ1) is 16.7. The first-order valence-corrected chi connectivity index (χ1v) is 6.20. The lowest BCUT2D eigenvalue weighted by Crippen LogP contribution is -2.10. The van der Waals surface area contributed by atoms with Crippen molar-refractivity contribution in [3.05, 3.63) is 59.7 Å². The molecule has 0 spiro atoms. The largest absolute Gasteiger partial charge is 0.495 e. The topological polar surface area (TPSA) is 83.1 Å². The van der Waals surface area contributed by atoms with Gasteiger partial charge in [0.05, 0.1) is 12.7 Å². The van der Waals surface area contributed by atoms with Gasteiger partial charge in [0.25, 0.3) is 0 Å². The third-order valence-electron chi connectivity index (χ3n) is 2.61. The van der Waals surface area contributed by atoms with Gasteiger partial charge in [-0.3, -0.25) is 0 Å². The molecule has 1 aromatic rings. The highest BCUT2D eigenvalue weighted by atomic mass is 16.5. The first-order chi connectivity index (χ1) is 10.4. The van der Waals surface area contributed by atoms with Gasteiger partial charge in [0, 0.05) is 0 Å². The standard InChI is InChI=1S/C17H14N2O3/c1-11(2)5-6-12(3)17(20)22-16-8-7-15(21-4)13(9-18)14(16)10-19/h5-8H,1,3H2,2,4H3/b6-5-. The molecule has 0 saturated carbocycles. The first-order valence-electron chi connectivity index (χ1n) is 6.20. The predicted molar refractivity (Wildman–Crippen MR) is 81.2 cm³/mol. The summed E-state index contributed by atoms with van der Waals surface area (Å²) in [6, 6.07) is 6.55. The smallest absolute Gasteiger partial charge is 0.342 e. The number of carbonyl (C=O) groups excluding carboxylic acids is 1. The fraction of sp³-hybridized carbons (Fsp3) is 0.118. The Labute approximate surface area is 129 Å². The molecule has 0 amide bonds. The molecule has 110 valence electrons. The number of esters is 1. The average Bonchev–Trinajstić information content (AvgIpc) is 2.51. The van der Waals surface area contributed by atoms with Crippen LogP contribution >= 0.6 is 0 Å². The zero-order valence-electron chi connectivity index (χ0n) is 12.3. The fourth-order valence-corrected chi connectivity index (χ4v) is 1.52. The van der Waals surface area contributed by atoms with Gasteiger partial charge >= 0.3 is 5.97 Å². The Balaban J connectivity index is 3.12. The summed E-state index contributed by atoms with van der Waals surface area (Å²) in [4.78, 5) is 11.9. The van der Waals surface area contributed by atoms with E-state index in [1.54, 1.807) is 13.0 Å². The molecule has 1 rings (SSSR count). The molecule has 5 heteroatoms. The molecule has 0 atom stereocenters. The van der Waals surface area contributed by atoms with Crippen LogP contribution in [-0.2, 0) is 4.79 Å². The monoisotopic (exact) mass is 294 g/mol. The SMILES string of the molecule is C=C(C)/C=C\C(=C)C(=O)Oc1ccc(OC)c(C#N)c1C#N. The summed E-state index contributed by atoms with van der Waals surface area (Å²) in [5, 5.41) is 18.3. The second-order valence-corrected chi connectivity index (χ2v) is 4.33. The van der Waals surface area contributed by atoms with E-state index in [0.717, 1.165) is 5.57 Å². The number of benzene rings is 1. The van der Waals surface area contributed by atoms with Crippen LogP contribution in [0.5, 0.6) is 11.5 Å². The van der Waals surface area contributed by atoms with Crippen LogP contribution in [-0.4, -0.2) is 13.1 Å². The van der Waals surface area contributed by atoms with Gasteiger partial charge in [-0.15, -0.1) is 0 Å². The van der Waals surface area contributed by atoms with Gasteiger partial charge in [-0.05, 0) is 25.1 Å². The highest BCUT2D eigenvalue weighted by Gasteiger charge is 2.17. The van der Waals surface area contributed by atoms with Gasteiger partial charge < -0.3 is 9.47 Å². The zero-order valence-corrected chi connectivity index (χ0v) is 12.3. The van der Waals surface area contributed by atoms with E-state index in [0.29, 0.717) is 0 Å². The molecular weight excluding hydrogens is 280 g/mol. The quantitative estimate of drug-likeness (QED) is 0.361. The minimum atomic E-state index is -0.719. The summed E-state index contributed by atoms with van der Waals surface area (Å²) < 4.78 is 10.1. The van der Waals surface area contributed by atoms with E-state index >= 15 is 0 Å². The molecule has 0 aliphatic rings.